The molecule has 0 aliphatic carbocycles. The van der Waals surface area contributed by atoms with Crippen molar-refractivity contribution in [1.29, 1.82) is 0 Å². The zero-order valence-corrected chi connectivity index (χ0v) is 12.9. The molecule has 1 N–H and O–H groups in total. The fourth-order valence-corrected chi connectivity index (χ4v) is 2.03. The van der Waals surface area contributed by atoms with Crippen LogP contribution >= 0.6 is 11.6 Å². The largest absolute Gasteiger partial charge is 0.484 e. The highest BCUT2D eigenvalue weighted by Gasteiger charge is 2.06. The second kappa shape index (κ2) is 7.14. The molecule has 2 aromatic carbocycles. The van der Waals surface area contributed by atoms with E-state index in [0.29, 0.717) is 22.4 Å². The minimum Gasteiger partial charge on any atom is -0.484 e. The van der Waals surface area contributed by atoms with Gasteiger partial charge in [-0.05, 0) is 35.7 Å². The van der Waals surface area contributed by atoms with Crippen molar-refractivity contribution in [2.24, 2.45) is 0 Å². The van der Waals surface area contributed by atoms with E-state index in [1.54, 1.807) is 12.1 Å². The summed E-state index contributed by atoms with van der Waals surface area (Å²) in [5.74, 6) is 0.910. The van der Waals surface area contributed by atoms with Crippen LogP contribution in [0.4, 0.5) is 5.69 Å². The predicted octanol–water partition coefficient (Wildman–Crippen LogP) is 4.48. The lowest BCUT2D eigenvalue weighted by Crippen LogP contribution is -2.20. The molecule has 3 nitrogen and oxygen atoms in total. The van der Waals surface area contributed by atoms with Crippen LogP contribution in [0.5, 0.6) is 5.75 Å². The summed E-state index contributed by atoms with van der Waals surface area (Å²) < 4.78 is 5.46. The Labute approximate surface area is 129 Å². The van der Waals surface area contributed by atoms with E-state index in [4.69, 9.17) is 16.3 Å². The number of benzene rings is 2. The molecule has 2 rings (SSSR count). The molecule has 0 atom stereocenters. The van der Waals surface area contributed by atoms with Crippen molar-refractivity contribution in [3.05, 3.63) is 59.1 Å². The molecule has 0 spiro atoms. The zero-order valence-electron chi connectivity index (χ0n) is 12.1. The van der Waals surface area contributed by atoms with Crippen LogP contribution in [0.15, 0.2) is 48.5 Å². The maximum absolute atomic E-state index is 11.8. The number of hydrogen-bond donors (Lipinski definition) is 1. The smallest absolute Gasteiger partial charge is 0.262 e. The van der Waals surface area contributed by atoms with Gasteiger partial charge in [-0.2, -0.15) is 0 Å². The molecule has 0 radical (unpaired) electrons. The van der Waals surface area contributed by atoms with Gasteiger partial charge < -0.3 is 10.1 Å². The number of carbonyl (C=O) groups is 1. The number of hydrogen-bond acceptors (Lipinski definition) is 2. The van der Waals surface area contributed by atoms with Crippen LogP contribution < -0.4 is 10.1 Å². The average molecular weight is 304 g/mol. The van der Waals surface area contributed by atoms with E-state index < -0.39 is 0 Å². The minimum atomic E-state index is -0.240. The summed E-state index contributed by atoms with van der Waals surface area (Å²) in [6.07, 6.45) is 0. The maximum atomic E-state index is 11.8. The monoisotopic (exact) mass is 303 g/mol. The number of para-hydroxylation sites is 1. The fraction of sp³-hybridized carbons (Fsp3) is 0.235. The van der Waals surface area contributed by atoms with Crippen molar-refractivity contribution in [3.8, 4) is 5.75 Å². The molecule has 0 heterocycles. The van der Waals surface area contributed by atoms with Gasteiger partial charge in [-0.25, -0.2) is 0 Å². The first kappa shape index (κ1) is 15.4. The van der Waals surface area contributed by atoms with Crippen LogP contribution in [0.1, 0.15) is 25.3 Å². The van der Waals surface area contributed by atoms with Crippen molar-refractivity contribution in [2.75, 3.05) is 11.9 Å². The number of halogens is 1. The van der Waals surface area contributed by atoms with E-state index in [1.807, 2.05) is 36.4 Å². The van der Waals surface area contributed by atoms with Gasteiger partial charge in [-0.1, -0.05) is 49.7 Å². The Hall–Kier alpha value is -2.00. The molecular weight excluding hydrogens is 286 g/mol. The number of anilines is 1. The van der Waals surface area contributed by atoms with Gasteiger partial charge >= 0.3 is 0 Å². The Balaban J connectivity index is 1.88. The van der Waals surface area contributed by atoms with E-state index in [0.717, 1.165) is 0 Å². The Morgan fingerprint density at radius 1 is 1.14 bits per heavy atom. The standard InChI is InChI=1S/C17H18ClNO2/c1-12(2)13-7-9-14(10-8-13)21-11-17(20)19-16-6-4-3-5-15(16)18/h3-10,12H,11H2,1-2H3,(H,19,20). The van der Waals surface area contributed by atoms with Crippen LogP contribution in [0.2, 0.25) is 5.02 Å². The van der Waals surface area contributed by atoms with Crippen molar-refractivity contribution < 1.29 is 9.53 Å². The van der Waals surface area contributed by atoms with Crippen LogP contribution in [-0.2, 0) is 4.79 Å². The van der Waals surface area contributed by atoms with Gasteiger partial charge in [0, 0.05) is 0 Å². The average Bonchev–Trinajstić information content (AvgIpc) is 2.48. The lowest BCUT2D eigenvalue weighted by atomic mass is 10.0. The number of nitrogens with one attached hydrogen (secondary N) is 1. The van der Waals surface area contributed by atoms with Crippen LogP contribution in [0.25, 0.3) is 0 Å². The van der Waals surface area contributed by atoms with Crippen molar-refractivity contribution in [1.82, 2.24) is 0 Å². The van der Waals surface area contributed by atoms with Gasteiger partial charge in [-0.3, -0.25) is 4.79 Å². The third-order valence-corrected chi connectivity index (χ3v) is 3.39. The van der Waals surface area contributed by atoms with Gasteiger partial charge in [0.2, 0.25) is 0 Å². The summed E-state index contributed by atoms with van der Waals surface area (Å²) in [7, 11) is 0. The lowest BCUT2D eigenvalue weighted by Gasteiger charge is -2.10. The summed E-state index contributed by atoms with van der Waals surface area (Å²) in [4.78, 5) is 11.8. The van der Waals surface area contributed by atoms with Gasteiger partial charge in [0.25, 0.3) is 5.91 Å². The van der Waals surface area contributed by atoms with Gasteiger partial charge in [0.05, 0.1) is 10.7 Å². The normalized spacial score (nSPS) is 10.5. The fourth-order valence-electron chi connectivity index (χ4n) is 1.85. The summed E-state index contributed by atoms with van der Waals surface area (Å²) >= 11 is 5.98. The van der Waals surface area contributed by atoms with Crippen molar-refractivity contribution >= 4 is 23.2 Å². The van der Waals surface area contributed by atoms with E-state index in [1.165, 1.54) is 5.56 Å². The molecule has 0 aliphatic heterocycles. The first-order valence-corrected chi connectivity index (χ1v) is 7.21. The van der Waals surface area contributed by atoms with Crippen LogP contribution in [0, 0.1) is 0 Å². The zero-order chi connectivity index (χ0) is 15.2. The second-order valence-electron chi connectivity index (χ2n) is 5.04. The first-order chi connectivity index (χ1) is 10.1. The summed E-state index contributed by atoms with van der Waals surface area (Å²) in [6.45, 7) is 4.21. The molecule has 0 aromatic heterocycles. The van der Waals surface area contributed by atoms with E-state index in [-0.39, 0.29) is 12.5 Å². The number of carbonyl (C=O) groups excluding carboxylic acids is 1. The molecular formula is C17H18ClNO2. The first-order valence-electron chi connectivity index (χ1n) is 6.83. The number of amides is 1. The number of rotatable bonds is 5. The number of ether oxygens (including phenoxy) is 1. The lowest BCUT2D eigenvalue weighted by molar-refractivity contribution is -0.118. The van der Waals surface area contributed by atoms with Crippen molar-refractivity contribution in [2.45, 2.75) is 19.8 Å². The molecule has 4 heteroatoms. The van der Waals surface area contributed by atoms with E-state index in [2.05, 4.69) is 19.2 Å². The molecule has 0 fully saturated rings. The summed E-state index contributed by atoms with van der Waals surface area (Å²) in [6, 6.07) is 14.9. The Morgan fingerprint density at radius 2 is 1.81 bits per heavy atom. The Kier molecular flexibility index (Phi) is 5.23. The molecule has 1 amide bonds. The van der Waals surface area contributed by atoms with Gasteiger partial charge in [0.1, 0.15) is 5.75 Å². The van der Waals surface area contributed by atoms with E-state index in [9.17, 15) is 4.79 Å². The van der Waals surface area contributed by atoms with E-state index >= 15 is 0 Å². The minimum absolute atomic E-state index is 0.0494. The van der Waals surface area contributed by atoms with Crippen LogP contribution in [0.3, 0.4) is 0 Å². The molecule has 0 saturated carbocycles. The maximum Gasteiger partial charge on any atom is 0.262 e. The quantitative estimate of drug-likeness (QED) is 0.884. The van der Waals surface area contributed by atoms with Gasteiger partial charge in [-0.15, -0.1) is 0 Å². The Morgan fingerprint density at radius 3 is 2.43 bits per heavy atom. The summed E-state index contributed by atoms with van der Waals surface area (Å²) in [5, 5.41) is 3.22. The highest BCUT2D eigenvalue weighted by Crippen LogP contribution is 2.21. The van der Waals surface area contributed by atoms with Gasteiger partial charge in [0.15, 0.2) is 6.61 Å². The molecule has 21 heavy (non-hydrogen) atoms. The third-order valence-electron chi connectivity index (χ3n) is 3.06. The van der Waals surface area contributed by atoms with Crippen LogP contribution in [-0.4, -0.2) is 12.5 Å². The predicted molar refractivity (Wildman–Crippen MR) is 86.1 cm³/mol. The SMILES string of the molecule is CC(C)c1ccc(OCC(=O)Nc2ccccc2Cl)cc1. The molecule has 0 unspecified atom stereocenters. The molecule has 0 aliphatic rings. The molecule has 2 aromatic rings. The molecule has 0 saturated heterocycles. The third kappa shape index (κ3) is 4.50. The topological polar surface area (TPSA) is 38.3 Å². The highest BCUT2D eigenvalue weighted by molar-refractivity contribution is 6.33. The molecule has 0 bridgehead atoms. The Bertz CT molecular complexity index is 608. The van der Waals surface area contributed by atoms with Crippen molar-refractivity contribution in [3.63, 3.8) is 0 Å². The molecule has 110 valence electrons. The summed E-state index contributed by atoms with van der Waals surface area (Å²) in [5.41, 5.74) is 1.82. The second-order valence-corrected chi connectivity index (χ2v) is 5.45. The highest BCUT2D eigenvalue weighted by atomic mass is 35.5.